The van der Waals surface area contributed by atoms with E-state index >= 15 is 0 Å². The summed E-state index contributed by atoms with van der Waals surface area (Å²) in [5.74, 6) is -0.145. The van der Waals surface area contributed by atoms with Crippen LogP contribution in [0.4, 0.5) is 0 Å². The lowest BCUT2D eigenvalue weighted by atomic mass is 9.46. The van der Waals surface area contributed by atoms with Gasteiger partial charge < -0.3 is 15.2 Å². The van der Waals surface area contributed by atoms with E-state index in [1.807, 2.05) is 19.9 Å². The van der Waals surface area contributed by atoms with Crippen molar-refractivity contribution in [2.24, 2.45) is 34.5 Å². The van der Waals surface area contributed by atoms with Crippen LogP contribution in [-0.4, -0.2) is 54.2 Å². The summed E-state index contributed by atoms with van der Waals surface area (Å²) in [5.41, 5.74) is -0.335. The number of carbonyl (C=O) groups excluding carboxylic acids is 2. The van der Waals surface area contributed by atoms with Crippen molar-refractivity contribution in [3.63, 3.8) is 0 Å². The Morgan fingerprint density at radius 2 is 2.14 bits per heavy atom. The number of imidazole rings is 1. The van der Waals surface area contributed by atoms with E-state index in [0.717, 1.165) is 24.8 Å². The SMILES string of the molecule is C[C@@H]1CC2C3CCC4=CC(=O)C=CC4(C)C3C(O)CC2(C)[C@@]1(O)C(=O)CSc1nc2ncc(Cl)cc2[nH]1. The molecular weight excluding hydrogens is 510 g/mol. The van der Waals surface area contributed by atoms with Crippen LogP contribution < -0.4 is 0 Å². The van der Waals surface area contributed by atoms with Crippen molar-refractivity contribution in [2.75, 3.05) is 5.75 Å². The van der Waals surface area contributed by atoms with Crippen molar-refractivity contribution in [3.05, 3.63) is 41.1 Å². The van der Waals surface area contributed by atoms with Gasteiger partial charge in [0.25, 0.3) is 0 Å². The standard InChI is InChI=1S/C28H32ClN3O4S/c1-14-8-19-18-5-4-15-9-17(33)6-7-26(15,2)23(18)21(34)11-27(19,3)28(14,36)22(35)13-37-25-31-20-10-16(29)12-30-24(20)32-25/h6-7,9-10,12,14,18-19,21,23,34,36H,4-5,8,11,13H2,1-3H3,(H,30,31,32)/t14-,18?,19?,21?,23?,26?,27?,28+/m1/s1. The summed E-state index contributed by atoms with van der Waals surface area (Å²) < 4.78 is 0. The fourth-order valence-electron chi connectivity index (χ4n) is 8.42. The van der Waals surface area contributed by atoms with Crippen LogP contribution >= 0.6 is 23.4 Å². The van der Waals surface area contributed by atoms with Crippen LogP contribution in [0.15, 0.2) is 41.2 Å². The molecule has 2 heterocycles. The highest BCUT2D eigenvalue weighted by molar-refractivity contribution is 7.99. The van der Waals surface area contributed by atoms with E-state index in [0.29, 0.717) is 27.8 Å². The molecule has 4 aliphatic carbocycles. The number of aliphatic hydroxyl groups excluding tert-OH is 1. The maximum atomic E-state index is 13.8. The first-order chi connectivity index (χ1) is 17.5. The van der Waals surface area contributed by atoms with Crippen LogP contribution in [0.2, 0.25) is 5.02 Å². The number of nitrogens with one attached hydrogen (secondary N) is 1. The van der Waals surface area contributed by atoms with Crippen molar-refractivity contribution >= 4 is 46.1 Å². The van der Waals surface area contributed by atoms with E-state index in [1.54, 1.807) is 18.2 Å². The zero-order valence-electron chi connectivity index (χ0n) is 21.2. The molecule has 3 fully saturated rings. The molecule has 196 valence electrons. The Hall–Kier alpha value is -2.00. The number of aromatic amines is 1. The molecule has 0 radical (unpaired) electrons. The molecule has 0 saturated heterocycles. The number of H-pyrrole nitrogens is 1. The molecule has 2 aromatic heterocycles. The Morgan fingerprint density at radius 1 is 1.35 bits per heavy atom. The maximum Gasteiger partial charge on any atom is 0.178 e. The van der Waals surface area contributed by atoms with Gasteiger partial charge in [0, 0.05) is 22.9 Å². The molecule has 8 atom stereocenters. The zero-order valence-corrected chi connectivity index (χ0v) is 22.8. The van der Waals surface area contributed by atoms with Crippen molar-refractivity contribution in [1.29, 1.82) is 0 Å². The summed E-state index contributed by atoms with van der Waals surface area (Å²) in [7, 11) is 0. The van der Waals surface area contributed by atoms with Gasteiger partial charge in [-0.25, -0.2) is 9.97 Å². The van der Waals surface area contributed by atoms with Crippen LogP contribution in [0.25, 0.3) is 11.2 Å². The predicted molar refractivity (Wildman–Crippen MR) is 142 cm³/mol. The molecule has 7 nitrogen and oxygen atoms in total. The summed E-state index contributed by atoms with van der Waals surface area (Å²) in [6, 6.07) is 1.74. The Morgan fingerprint density at radius 3 is 2.92 bits per heavy atom. The van der Waals surface area contributed by atoms with Crippen LogP contribution in [0.1, 0.15) is 46.5 Å². The van der Waals surface area contributed by atoms with E-state index < -0.39 is 17.1 Å². The number of hydrogen-bond acceptors (Lipinski definition) is 7. The van der Waals surface area contributed by atoms with E-state index in [-0.39, 0.29) is 46.4 Å². The lowest BCUT2D eigenvalue weighted by molar-refractivity contribution is -0.179. The van der Waals surface area contributed by atoms with Gasteiger partial charge in [-0.3, -0.25) is 9.59 Å². The smallest absolute Gasteiger partial charge is 0.178 e. The molecule has 3 N–H and O–H groups in total. The number of rotatable bonds is 4. The zero-order chi connectivity index (χ0) is 26.3. The second-order valence-electron chi connectivity index (χ2n) is 11.9. The third-order valence-corrected chi connectivity index (χ3v) is 11.2. The number of aliphatic hydroxyl groups is 2. The van der Waals surface area contributed by atoms with E-state index in [4.69, 9.17) is 11.6 Å². The number of fused-ring (bicyclic) bond motifs is 6. The average molecular weight is 542 g/mol. The molecule has 6 unspecified atom stereocenters. The van der Waals surface area contributed by atoms with Crippen LogP contribution in [0.3, 0.4) is 0 Å². The van der Waals surface area contributed by atoms with Gasteiger partial charge in [-0.1, -0.05) is 55.8 Å². The summed E-state index contributed by atoms with van der Waals surface area (Å²) >= 11 is 7.28. The molecule has 4 aliphatic rings. The molecule has 2 aromatic rings. The Kier molecular flexibility index (Phi) is 5.81. The highest BCUT2D eigenvalue weighted by Gasteiger charge is 2.70. The number of allylic oxidation sites excluding steroid dienone is 4. The summed E-state index contributed by atoms with van der Waals surface area (Å²) in [5, 5.41) is 24.8. The third-order valence-electron chi connectivity index (χ3n) is 10.1. The highest BCUT2D eigenvalue weighted by Crippen LogP contribution is 2.68. The minimum Gasteiger partial charge on any atom is -0.393 e. The van der Waals surface area contributed by atoms with Gasteiger partial charge in [-0.15, -0.1) is 0 Å². The second kappa shape index (κ2) is 8.50. The van der Waals surface area contributed by atoms with Crippen LogP contribution in [-0.2, 0) is 9.59 Å². The second-order valence-corrected chi connectivity index (χ2v) is 13.3. The Labute approximate surface area is 225 Å². The van der Waals surface area contributed by atoms with E-state index in [1.165, 1.54) is 18.0 Å². The minimum atomic E-state index is -1.54. The number of ketones is 2. The van der Waals surface area contributed by atoms with Gasteiger partial charge in [-0.05, 0) is 61.7 Å². The number of hydrogen-bond donors (Lipinski definition) is 3. The summed E-state index contributed by atoms with van der Waals surface area (Å²) in [4.78, 5) is 37.6. The minimum absolute atomic E-state index is 0.0105. The monoisotopic (exact) mass is 541 g/mol. The Bertz CT molecular complexity index is 1370. The van der Waals surface area contributed by atoms with Crippen LogP contribution in [0.5, 0.6) is 0 Å². The van der Waals surface area contributed by atoms with Gasteiger partial charge >= 0.3 is 0 Å². The fraction of sp³-hybridized carbons (Fsp3) is 0.571. The molecule has 0 amide bonds. The first kappa shape index (κ1) is 25.3. The van der Waals surface area contributed by atoms with Crippen molar-refractivity contribution in [2.45, 2.75) is 63.3 Å². The van der Waals surface area contributed by atoms with Crippen molar-refractivity contribution in [1.82, 2.24) is 15.0 Å². The normalized spacial score (nSPS) is 40.8. The number of aromatic nitrogens is 3. The molecular formula is C28H32ClN3O4S. The molecule has 37 heavy (non-hydrogen) atoms. The van der Waals surface area contributed by atoms with E-state index in [2.05, 4.69) is 21.9 Å². The molecule has 6 rings (SSSR count). The summed E-state index contributed by atoms with van der Waals surface area (Å²) in [6.07, 6.45) is 8.95. The van der Waals surface area contributed by atoms with Gasteiger partial charge in [-0.2, -0.15) is 0 Å². The molecule has 0 aromatic carbocycles. The van der Waals surface area contributed by atoms with Gasteiger partial charge in [0.05, 0.1) is 22.4 Å². The maximum absolute atomic E-state index is 13.8. The lowest BCUT2D eigenvalue weighted by Gasteiger charge is -2.59. The van der Waals surface area contributed by atoms with Crippen LogP contribution in [0, 0.1) is 34.5 Å². The third kappa shape index (κ3) is 3.55. The molecule has 3 saturated carbocycles. The number of Topliss-reactive ketones (excluding diaryl/α,β-unsaturated/α-hetero) is 1. The fourth-order valence-corrected chi connectivity index (χ4v) is 9.40. The molecule has 0 aliphatic heterocycles. The van der Waals surface area contributed by atoms with Gasteiger partial charge in [0.1, 0.15) is 5.60 Å². The summed E-state index contributed by atoms with van der Waals surface area (Å²) in [6.45, 7) is 6.10. The molecule has 0 bridgehead atoms. The van der Waals surface area contributed by atoms with Crippen molar-refractivity contribution in [3.8, 4) is 0 Å². The van der Waals surface area contributed by atoms with E-state index in [9.17, 15) is 19.8 Å². The number of halogens is 1. The predicted octanol–water partition coefficient (Wildman–Crippen LogP) is 4.53. The number of carbonyl (C=O) groups is 2. The van der Waals surface area contributed by atoms with Crippen molar-refractivity contribution < 1.29 is 19.8 Å². The number of nitrogens with zero attached hydrogens (tertiary/aromatic N) is 2. The van der Waals surface area contributed by atoms with Gasteiger partial charge in [0.2, 0.25) is 0 Å². The molecule has 9 heteroatoms. The first-order valence-electron chi connectivity index (χ1n) is 13.0. The number of pyridine rings is 1. The average Bonchev–Trinajstić information content (AvgIpc) is 3.34. The quantitative estimate of drug-likeness (QED) is 0.487. The molecule has 0 spiro atoms. The largest absolute Gasteiger partial charge is 0.393 e. The van der Waals surface area contributed by atoms with Gasteiger partial charge in [0.15, 0.2) is 22.4 Å². The highest BCUT2D eigenvalue weighted by atomic mass is 35.5. The Balaban J connectivity index is 1.27. The lowest BCUT2D eigenvalue weighted by Crippen LogP contribution is -2.62. The topological polar surface area (TPSA) is 116 Å². The first-order valence-corrected chi connectivity index (χ1v) is 14.4. The number of thioether (sulfide) groups is 1.